The van der Waals surface area contributed by atoms with Gasteiger partial charge in [-0.05, 0) is 66.2 Å². The van der Waals surface area contributed by atoms with Gasteiger partial charge in [0.2, 0.25) is 0 Å². The molecule has 19 heavy (non-hydrogen) atoms. The summed E-state index contributed by atoms with van der Waals surface area (Å²) in [7, 11) is 0. The molecule has 0 atom stereocenters. The number of carbonyl (C=O) groups is 2. The van der Waals surface area contributed by atoms with Crippen molar-refractivity contribution in [3.63, 3.8) is 0 Å². The lowest BCUT2D eigenvalue weighted by Crippen LogP contribution is -2.58. The van der Waals surface area contributed by atoms with Crippen LogP contribution in [-0.2, 0) is 9.53 Å². The number of nitrogens with one attached hydrogen (secondary N) is 1. The molecule has 3 fully saturated rings. The first-order valence-electron chi connectivity index (χ1n) is 7.19. The molecule has 0 saturated heterocycles. The van der Waals surface area contributed by atoms with Crippen molar-refractivity contribution < 1.29 is 14.3 Å². The summed E-state index contributed by atoms with van der Waals surface area (Å²) in [5.41, 5.74) is -0.704. The lowest BCUT2D eigenvalue weighted by Gasteiger charge is -2.52. The Balaban J connectivity index is 1.97. The number of fused-ring (bicyclic) bond motifs is 3. The van der Waals surface area contributed by atoms with Gasteiger partial charge < -0.3 is 10.1 Å². The normalized spacial score (nSPS) is 33.9. The van der Waals surface area contributed by atoms with Crippen molar-refractivity contribution in [2.75, 3.05) is 0 Å². The summed E-state index contributed by atoms with van der Waals surface area (Å²) >= 11 is 0. The van der Waals surface area contributed by atoms with E-state index >= 15 is 0 Å². The number of ketones is 1. The Morgan fingerprint density at radius 1 is 1.00 bits per heavy atom. The maximum absolute atomic E-state index is 11.9. The molecule has 0 unspecified atom stereocenters. The van der Waals surface area contributed by atoms with Crippen molar-refractivity contribution in [2.24, 2.45) is 5.41 Å². The highest BCUT2D eigenvalue weighted by atomic mass is 16.6. The van der Waals surface area contributed by atoms with E-state index in [1.54, 1.807) is 6.92 Å². The van der Waals surface area contributed by atoms with Gasteiger partial charge in [-0.15, -0.1) is 0 Å². The number of Topliss-reactive ketones (excluding diaryl/α,β-unsaturated/α-hetero) is 1. The molecule has 0 aliphatic heterocycles. The molecule has 0 heterocycles. The first-order valence-corrected chi connectivity index (χ1v) is 7.19. The van der Waals surface area contributed by atoms with Crippen LogP contribution in [0.3, 0.4) is 0 Å². The van der Waals surface area contributed by atoms with Gasteiger partial charge in [-0.3, -0.25) is 4.79 Å². The highest BCUT2D eigenvalue weighted by Gasteiger charge is 2.51. The Morgan fingerprint density at radius 3 is 1.84 bits per heavy atom. The van der Waals surface area contributed by atoms with Crippen LogP contribution >= 0.6 is 0 Å². The van der Waals surface area contributed by atoms with E-state index in [9.17, 15) is 9.59 Å². The Morgan fingerprint density at radius 2 is 1.47 bits per heavy atom. The van der Waals surface area contributed by atoms with E-state index in [0.29, 0.717) is 5.78 Å². The van der Waals surface area contributed by atoms with Gasteiger partial charge in [-0.2, -0.15) is 0 Å². The molecule has 1 amide bonds. The zero-order valence-corrected chi connectivity index (χ0v) is 12.5. The lowest BCUT2D eigenvalue weighted by molar-refractivity contribution is -0.133. The minimum atomic E-state index is -0.465. The molecular formula is C15H25NO3. The van der Waals surface area contributed by atoms with E-state index in [4.69, 9.17) is 4.74 Å². The third-order valence-corrected chi connectivity index (χ3v) is 4.76. The van der Waals surface area contributed by atoms with Gasteiger partial charge in [0, 0.05) is 11.0 Å². The van der Waals surface area contributed by atoms with Crippen LogP contribution in [0, 0.1) is 5.41 Å². The first kappa shape index (κ1) is 14.4. The maximum atomic E-state index is 11.9. The highest BCUT2D eigenvalue weighted by Crippen LogP contribution is 2.52. The molecule has 3 rings (SSSR count). The van der Waals surface area contributed by atoms with Gasteiger partial charge in [0.05, 0.1) is 0 Å². The molecule has 2 bridgehead atoms. The van der Waals surface area contributed by atoms with E-state index in [1.807, 2.05) is 20.8 Å². The third-order valence-electron chi connectivity index (χ3n) is 4.76. The van der Waals surface area contributed by atoms with Gasteiger partial charge in [0.1, 0.15) is 11.4 Å². The van der Waals surface area contributed by atoms with Crippen LogP contribution in [0.1, 0.15) is 66.2 Å². The van der Waals surface area contributed by atoms with Crippen LogP contribution in [0.15, 0.2) is 0 Å². The topological polar surface area (TPSA) is 55.4 Å². The molecular weight excluding hydrogens is 242 g/mol. The Bertz CT molecular complexity index is 370. The minimum absolute atomic E-state index is 0.0998. The first-order chi connectivity index (χ1) is 8.67. The van der Waals surface area contributed by atoms with Gasteiger partial charge in [0.15, 0.2) is 0 Å². The predicted molar refractivity (Wildman–Crippen MR) is 72.9 cm³/mol. The molecule has 1 N–H and O–H groups in total. The van der Waals surface area contributed by atoms with E-state index in [-0.39, 0.29) is 17.0 Å². The highest BCUT2D eigenvalue weighted by molar-refractivity contribution is 5.83. The average molecular weight is 267 g/mol. The smallest absolute Gasteiger partial charge is 0.408 e. The van der Waals surface area contributed by atoms with Gasteiger partial charge in [-0.1, -0.05) is 0 Å². The zero-order valence-electron chi connectivity index (χ0n) is 12.5. The van der Waals surface area contributed by atoms with Crippen LogP contribution in [0.5, 0.6) is 0 Å². The summed E-state index contributed by atoms with van der Waals surface area (Å²) in [4.78, 5) is 23.7. The fourth-order valence-corrected chi connectivity index (χ4v) is 3.42. The van der Waals surface area contributed by atoms with Crippen molar-refractivity contribution in [3.8, 4) is 0 Å². The molecule has 3 aliphatic rings. The van der Waals surface area contributed by atoms with E-state index in [2.05, 4.69) is 5.32 Å². The Hall–Kier alpha value is -1.06. The fraction of sp³-hybridized carbons (Fsp3) is 0.867. The van der Waals surface area contributed by atoms with Crippen LogP contribution in [0.2, 0.25) is 0 Å². The summed E-state index contributed by atoms with van der Waals surface area (Å²) in [6.45, 7) is 7.31. The van der Waals surface area contributed by atoms with Gasteiger partial charge in [0.25, 0.3) is 0 Å². The number of ether oxygens (including phenoxy) is 1. The van der Waals surface area contributed by atoms with Crippen molar-refractivity contribution in [1.29, 1.82) is 0 Å². The number of amides is 1. The molecule has 0 aromatic rings. The lowest BCUT2D eigenvalue weighted by atomic mass is 9.56. The van der Waals surface area contributed by atoms with E-state index in [1.165, 1.54) is 0 Å². The monoisotopic (exact) mass is 267 g/mol. The second-order valence-corrected chi connectivity index (χ2v) is 7.24. The van der Waals surface area contributed by atoms with Crippen molar-refractivity contribution in [1.82, 2.24) is 5.32 Å². The molecule has 0 spiro atoms. The number of alkyl carbamates (subject to hydrolysis) is 1. The second kappa shape index (κ2) is 4.50. The molecule has 0 aromatic heterocycles. The van der Waals surface area contributed by atoms with Crippen LogP contribution in [0.4, 0.5) is 4.79 Å². The molecule has 3 aliphatic carbocycles. The molecule has 0 aromatic carbocycles. The van der Waals surface area contributed by atoms with Crippen LogP contribution in [-0.4, -0.2) is 23.0 Å². The maximum Gasteiger partial charge on any atom is 0.408 e. The van der Waals surface area contributed by atoms with Gasteiger partial charge in [-0.25, -0.2) is 4.79 Å². The van der Waals surface area contributed by atoms with E-state index in [0.717, 1.165) is 38.5 Å². The number of rotatable bonds is 2. The predicted octanol–water partition coefficient (Wildman–Crippen LogP) is 3.19. The summed E-state index contributed by atoms with van der Waals surface area (Å²) in [5.74, 6) is 0.318. The molecule has 4 heteroatoms. The SMILES string of the molecule is CC(=O)C12CCC(NC(=O)OC(C)(C)C)(CC1)CC2. The Kier molecular flexibility index (Phi) is 3.40. The number of carbonyl (C=O) groups excluding carboxylic acids is 2. The average Bonchev–Trinajstić information content (AvgIpc) is 2.27. The number of hydrogen-bond donors (Lipinski definition) is 1. The standard InChI is InChI=1S/C15H25NO3/c1-11(17)14-5-8-15(9-6-14,10-7-14)16-12(18)19-13(2,3)4/h5-10H2,1-4H3,(H,16,18). The third kappa shape index (κ3) is 2.93. The van der Waals surface area contributed by atoms with Crippen molar-refractivity contribution >= 4 is 11.9 Å². The fourth-order valence-electron chi connectivity index (χ4n) is 3.42. The largest absolute Gasteiger partial charge is 0.444 e. The van der Waals surface area contributed by atoms with Crippen molar-refractivity contribution in [3.05, 3.63) is 0 Å². The van der Waals surface area contributed by atoms with Crippen LogP contribution < -0.4 is 5.32 Å². The second-order valence-electron chi connectivity index (χ2n) is 7.24. The summed E-state index contributed by atoms with van der Waals surface area (Å²) < 4.78 is 5.34. The summed E-state index contributed by atoms with van der Waals surface area (Å²) in [6.07, 6.45) is 5.06. The zero-order chi connectivity index (χ0) is 14.3. The molecule has 4 nitrogen and oxygen atoms in total. The van der Waals surface area contributed by atoms with Crippen molar-refractivity contribution in [2.45, 2.75) is 77.4 Å². The quantitative estimate of drug-likeness (QED) is 0.836. The molecule has 3 saturated carbocycles. The van der Waals surface area contributed by atoms with E-state index < -0.39 is 5.60 Å². The van der Waals surface area contributed by atoms with Gasteiger partial charge >= 0.3 is 6.09 Å². The minimum Gasteiger partial charge on any atom is -0.444 e. The Labute approximate surface area is 115 Å². The summed E-state index contributed by atoms with van der Waals surface area (Å²) in [6, 6.07) is 0. The molecule has 108 valence electrons. The number of hydrogen-bond acceptors (Lipinski definition) is 3. The summed E-state index contributed by atoms with van der Waals surface area (Å²) in [5, 5.41) is 3.06. The van der Waals surface area contributed by atoms with Crippen LogP contribution in [0.25, 0.3) is 0 Å². The molecule has 0 radical (unpaired) electrons.